The molecular weight excluding hydrogens is 268 g/mol. The molecule has 0 aromatic carbocycles. The minimum atomic E-state index is -0.950. The Bertz CT molecular complexity index is 545. The third-order valence-electron chi connectivity index (χ3n) is 3.42. The van der Waals surface area contributed by atoms with Crippen molar-refractivity contribution in [2.45, 2.75) is 32.6 Å². The van der Waals surface area contributed by atoms with Gasteiger partial charge in [0.2, 0.25) is 5.91 Å². The van der Waals surface area contributed by atoms with Crippen LogP contribution in [0.4, 0.5) is 5.69 Å². The van der Waals surface area contributed by atoms with Crippen LogP contribution in [-0.2, 0) is 11.3 Å². The molecule has 0 saturated carbocycles. The molecule has 2 unspecified atom stereocenters. The van der Waals surface area contributed by atoms with E-state index in [1.54, 1.807) is 0 Å². The molecule has 9 nitrogen and oxygen atoms in total. The number of hydrogen-bond acceptors (Lipinski definition) is 6. The van der Waals surface area contributed by atoms with E-state index in [0.717, 1.165) is 0 Å². The summed E-state index contributed by atoms with van der Waals surface area (Å²) in [6.45, 7) is 3.00. The minimum Gasteiger partial charge on any atom is -0.388 e. The van der Waals surface area contributed by atoms with E-state index in [9.17, 15) is 25.1 Å². The lowest BCUT2D eigenvalue weighted by molar-refractivity contribution is -0.386. The van der Waals surface area contributed by atoms with Gasteiger partial charge >= 0.3 is 5.69 Å². The number of nitro groups is 1. The second-order valence-electron chi connectivity index (χ2n) is 4.87. The molecule has 1 fully saturated rings. The molecule has 2 heterocycles. The van der Waals surface area contributed by atoms with Crippen LogP contribution in [-0.4, -0.2) is 61.0 Å². The SMILES string of the molecule is Cc1nn(CC(=O)N2CC(O)C(O)C2)c(C)c1[N+](=O)[O-]. The van der Waals surface area contributed by atoms with Crippen LogP contribution in [0.2, 0.25) is 0 Å². The molecule has 0 aliphatic carbocycles. The molecule has 110 valence electrons. The lowest BCUT2D eigenvalue weighted by atomic mass is 10.3. The number of nitrogens with zero attached hydrogens (tertiary/aromatic N) is 4. The van der Waals surface area contributed by atoms with Gasteiger partial charge in [-0.1, -0.05) is 0 Å². The third kappa shape index (κ3) is 2.49. The summed E-state index contributed by atoms with van der Waals surface area (Å²) in [5.74, 6) is -0.346. The summed E-state index contributed by atoms with van der Waals surface area (Å²) in [4.78, 5) is 23.7. The van der Waals surface area contributed by atoms with Crippen molar-refractivity contribution in [2.75, 3.05) is 13.1 Å². The van der Waals surface area contributed by atoms with Crippen LogP contribution in [0.15, 0.2) is 0 Å². The Hall–Kier alpha value is -2.00. The highest BCUT2D eigenvalue weighted by Gasteiger charge is 2.33. The topological polar surface area (TPSA) is 122 Å². The van der Waals surface area contributed by atoms with Crippen molar-refractivity contribution in [3.8, 4) is 0 Å². The predicted octanol–water partition coefficient (Wildman–Crippen LogP) is -1.03. The zero-order valence-electron chi connectivity index (χ0n) is 11.2. The highest BCUT2D eigenvalue weighted by Crippen LogP contribution is 2.22. The fourth-order valence-electron chi connectivity index (χ4n) is 2.31. The molecule has 1 aromatic rings. The van der Waals surface area contributed by atoms with Crippen molar-refractivity contribution in [1.29, 1.82) is 0 Å². The Balaban J connectivity index is 2.13. The molecule has 20 heavy (non-hydrogen) atoms. The molecule has 9 heteroatoms. The summed E-state index contributed by atoms with van der Waals surface area (Å²) >= 11 is 0. The first kappa shape index (κ1) is 14.4. The second kappa shape index (κ2) is 5.17. The lowest BCUT2D eigenvalue weighted by Gasteiger charge is -2.15. The summed E-state index contributed by atoms with van der Waals surface area (Å²) in [6, 6.07) is 0. The number of rotatable bonds is 3. The first-order valence-electron chi connectivity index (χ1n) is 6.13. The summed E-state index contributed by atoms with van der Waals surface area (Å²) in [5.41, 5.74) is 0.460. The van der Waals surface area contributed by atoms with Gasteiger partial charge < -0.3 is 15.1 Å². The number of likely N-dealkylation sites (tertiary alicyclic amines) is 1. The number of amides is 1. The van der Waals surface area contributed by atoms with Crippen molar-refractivity contribution < 1.29 is 19.9 Å². The summed E-state index contributed by atoms with van der Waals surface area (Å²) in [5, 5.41) is 33.7. The van der Waals surface area contributed by atoms with Crippen molar-refractivity contribution in [3.63, 3.8) is 0 Å². The van der Waals surface area contributed by atoms with E-state index >= 15 is 0 Å². The van der Waals surface area contributed by atoms with E-state index < -0.39 is 17.1 Å². The highest BCUT2D eigenvalue weighted by atomic mass is 16.6. The predicted molar refractivity (Wildman–Crippen MR) is 66.9 cm³/mol. The third-order valence-corrected chi connectivity index (χ3v) is 3.42. The number of β-amino-alcohol motifs (C(OH)–C–C–N with tert-alkyl or cyclic N) is 2. The monoisotopic (exact) mass is 284 g/mol. The van der Waals surface area contributed by atoms with Crippen LogP contribution < -0.4 is 0 Å². The van der Waals surface area contributed by atoms with E-state index in [4.69, 9.17) is 0 Å². The van der Waals surface area contributed by atoms with Gasteiger partial charge in [-0.15, -0.1) is 0 Å². The van der Waals surface area contributed by atoms with E-state index in [1.165, 1.54) is 23.4 Å². The Morgan fingerprint density at radius 1 is 1.40 bits per heavy atom. The van der Waals surface area contributed by atoms with Crippen LogP contribution >= 0.6 is 0 Å². The standard InChI is InChI=1S/C11H16N4O5/c1-6-11(15(19)20)7(2)14(12-6)5-10(18)13-3-8(16)9(17)4-13/h8-9,16-17H,3-5H2,1-2H3. The van der Waals surface area contributed by atoms with Gasteiger partial charge in [-0.3, -0.25) is 19.6 Å². The fraction of sp³-hybridized carbons (Fsp3) is 0.636. The molecule has 1 saturated heterocycles. The molecular formula is C11H16N4O5. The quantitative estimate of drug-likeness (QED) is 0.540. The smallest absolute Gasteiger partial charge is 0.312 e. The normalized spacial score (nSPS) is 22.3. The fourth-order valence-corrected chi connectivity index (χ4v) is 2.31. The van der Waals surface area contributed by atoms with Crippen LogP contribution in [0.1, 0.15) is 11.4 Å². The molecule has 1 aliphatic rings. The second-order valence-corrected chi connectivity index (χ2v) is 4.87. The number of aliphatic hydroxyl groups excluding tert-OH is 2. The largest absolute Gasteiger partial charge is 0.388 e. The van der Waals surface area contributed by atoms with E-state index in [-0.39, 0.29) is 36.9 Å². The van der Waals surface area contributed by atoms with Crippen LogP contribution in [0, 0.1) is 24.0 Å². The van der Waals surface area contributed by atoms with Gasteiger partial charge in [0.1, 0.15) is 17.9 Å². The van der Waals surface area contributed by atoms with Gasteiger partial charge in [-0.25, -0.2) is 0 Å². The van der Waals surface area contributed by atoms with Gasteiger partial charge in [0.05, 0.1) is 17.1 Å². The molecule has 2 atom stereocenters. The van der Waals surface area contributed by atoms with E-state index in [2.05, 4.69) is 5.10 Å². The maximum Gasteiger partial charge on any atom is 0.312 e. The summed E-state index contributed by atoms with van der Waals surface area (Å²) < 4.78 is 1.27. The minimum absolute atomic E-state index is 0.0569. The Labute approximate surface area is 114 Å². The first-order valence-corrected chi connectivity index (χ1v) is 6.13. The molecule has 1 aliphatic heterocycles. The molecule has 2 N–H and O–H groups in total. The lowest BCUT2D eigenvalue weighted by Crippen LogP contribution is -2.33. The molecule has 2 rings (SSSR count). The van der Waals surface area contributed by atoms with Crippen molar-refractivity contribution in [3.05, 3.63) is 21.5 Å². The zero-order valence-corrected chi connectivity index (χ0v) is 11.2. The van der Waals surface area contributed by atoms with Gasteiger partial charge in [0.25, 0.3) is 0 Å². The average molecular weight is 284 g/mol. The number of carbonyl (C=O) groups is 1. The number of aromatic nitrogens is 2. The number of aliphatic hydroxyl groups is 2. The van der Waals surface area contributed by atoms with Crippen LogP contribution in [0.5, 0.6) is 0 Å². The summed E-state index contributed by atoms with van der Waals surface area (Å²) in [7, 11) is 0. The molecule has 1 aromatic heterocycles. The van der Waals surface area contributed by atoms with Crippen molar-refractivity contribution in [1.82, 2.24) is 14.7 Å². The number of carbonyl (C=O) groups excluding carboxylic acids is 1. The van der Waals surface area contributed by atoms with Crippen molar-refractivity contribution >= 4 is 11.6 Å². The average Bonchev–Trinajstić information content (AvgIpc) is 2.81. The molecule has 0 spiro atoms. The van der Waals surface area contributed by atoms with Gasteiger partial charge in [0, 0.05) is 13.1 Å². The van der Waals surface area contributed by atoms with Gasteiger partial charge in [-0.2, -0.15) is 5.10 Å². The zero-order chi connectivity index (χ0) is 15.0. The highest BCUT2D eigenvalue weighted by molar-refractivity contribution is 5.76. The maximum atomic E-state index is 12.0. The van der Waals surface area contributed by atoms with Crippen LogP contribution in [0.25, 0.3) is 0 Å². The number of aryl methyl sites for hydroxylation is 1. The van der Waals surface area contributed by atoms with Gasteiger partial charge in [-0.05, 0) is 13.8 Å². The Morgan fingerprint density at radius 3 is 2.40 bits per heavy atom. The van der Waals surface area contributed by atoms with Crippen LogP contribution in [0.3, 0.4) is 0 Å². The summed E-state index contributed by atoms with van der Waals surface area (Å²) in [6.07, 6.45) is -1.90. The van der Waals surface area contributed by atoms with Gasteiger partial charge in [0.15, 0.2) is 0 Å². The van der Waals surface area contributed by atoms with E-state index in [1.807, 2.05) is 0 Å². The molecule has 1 amide bonds. The number of hydrogen-bond donors (Lipinski definition) is 2. The van der Waals surface area contributed by atoms with Crippen molar-refractivity contribution in [2.24, 2.45) is 0 Å². The Kier molecular flexibility index (Phi) is 3.73. The first-order chi connectivity index (χ1) is 9.31. The maximum absolute atomic E-state index is 12.0. The molecule has 0 bridgehead atoms. The Morgan fingerprint density at radius 2 is 1.95 bits per heavy atom. The molecule has 0 radical (unpaired) electrons. The van der Waals surface area contributed by atoms with E-state index in [0.29, 0.717) is 5.69 Å².